The van der Waals surface area contributed by atoms with E-state index < -0.39 is 27.2 Å². The van der Waals surface area contributed by atoms with E-state index in [4.69, 9.17) is 0 Å². The molecule has 0 saturated heterocycles. The molecule has 0 amide bonds. The summed E-state index contributed by atoms with van der Waals surface area (Å²) in [7, 11) is -3.64. The first kappa shape index (κ1) is 11.8. The molecular weight excluding hydrogens is 226 g/mol. The summed E-state index contributed by atoms with van der Waals surface area (Å²) in [5, 5.41) is -0.707. The predicted octanol–water partition coefficient (Wildman–Crippen LogP) is 1.51. The Labute approximate surface area is 86.4 Å². The Kier molecular flexibility index (Phi) is 3.23. The van der Waals surface area contributed by atoms with Gasteiger partial charge in [-0.15, -0.1) is 0 Å². The van der Waals surface area contributed by atoms with Crippen molar-refractivity contribution in [1.82, 2.24) is 4.98 Å². The van der Waals surface area contributed by atoms with Crippen molar-refractivity contribution in [1.29, 1.82) is 0 Å². The highest BCUT2D eigenvalue weighted by molar-refractivity contribution is 7.93. The Morgan fingerprint density at radius 3 is 2.40 bits per heavy atom. The number of anilines is 1. The number of nitrogens with zero attached hydrogens (tertiary/aromatic N) is 1. The molecule has 84 valence electrons. The molecule has 0 atom stereocenters. The minimum absolute atomic E-state index is 0.356. The van der Waals surface area contributed by atoms with E-state index in [-0.39, 0.29) is 5.69 Å². The van der Waals surface area contributed by atoms with Gasteiger partial charge in [-0.25, -0.2) is 8.42 Å². The molecule has 0 bridgehead atoms. The Balaban J connectivity index is 3.01. The molecule has 0 radical (unpaired) electrons. The van der Waals surface area contributed by atoms with Crippen LogP contribution in [-0.4, -0.2) is 18.7 Å². The zero-order chi connectivity index (χ0) is 11.6. The largest absolute Gasteiger partial charge is 0.279 e. The summed E-state index contributed by atoms with van der Waals surface area (Å²) >= 11 is 0. The Hall–Kier alpha value is -1.24. The van der Waals surface area contributed by atoms with Gasteiger partial charge in [0, 0.05) is 0 Å². The topological polar surface area (TPSA) is 59.1 Å². The van der Waals surface area contributed by atoms with Crippen LogP contribution in [0.1, 0.15) is 13.8 Å². The van der Waals surface area contributed by atoms with E-state index >= 15 is 0 Å². The van der Waals surface area contributed by atoms with Crippen LogP contribution in [0.3, 0.4) is 0 Å². The molecule has 0 spiro atoms. The van der Waals surface area contributed by atoms with Crippen LogP contribution in [0, 0.1) is 11.9 Å². The summed E-state index contributed by atoms with van der Waals surface area (Å²) in [6.07, 6.45) is 0. The fourth-order valence-corrected chi connectivity index (χ4v) is 1.45. The number of halogens is 2. The van der Waals surface area contributed by atoms with E-state index in [1.54, 1.807) is 0 Å². The van der Waals surface area contributed by atoms with Gasteiger partial charge in [0.2, 0.25) is 21.9 Å². The average Bonchev–Trinajstić information content (AvgIpc) is 2.09. The van der Waals surface area contributed by atoms with Crippen LogP contribution >= 0.6 is 0 Å². The van der Waals surface area contributed by atoms with Gasteiger partial charge in [0.05, 0.1) is 5.25 Å². The van der Waals surface area contributed by atoms with Crippen LogP contribution in [0.15, 0.2) is 12.1 Å². The Morgan fingerprint density at radius 2 is 1.93 bits per heavy atom. The van der Waals surface area contributed by atoms with Crippen molar-refractivity contribution in [3.05, 3.63) is 24.0 Å². The second kappa shape index (κ2) is 4.09. The lowest BCUT2D eigenvalue weighted by Gasteiger charge is -2.10. The highest BCUT2D eigenvalue weighted by atomic mass is 32.2. The monoisotopic (exact) mass is 236 g/mol. The van der Waals surface area contributed by atoms with E-state index in [1.165, 1.54) is 13.8 Å². The first-order valence-electron chi connectivity index (χ1n) is 4.16. The van der Waals surface area contributed by atoms with Gasteiger partial charge in [0.25, 0.3) is 0 Å². The lowest BCUT2D eigenvalue weighted by Crippen LogP contribution is -2.23. The summed E-state index contributed by atoms with van der Waals surface area (Å²) in [6.45, 7) is 2.88. The Bertz CT molecular complexity index is 460. The maximum atomic E-state index is 13.0. The van der Waals surface area contributed by atoms with Crippen LogP contribution in [0.5, 0.6) is 0 Å². The lowest BCUT2D eigenvalue weighted by molar-refractivity contribution is 0.515. The summed E-state index contributed by atoms with van der Waals surface area (Å²) in [4.78, 5) is 2.86. The van der Waals surface area contributed by atoms with Crippen molar-refractivity contribution in [3.8, 4) is 0 Å². The van der Waals surface area contributed by atoms with Gasteiger partial charge < -0.3 is 0 Å². The third-order valence-corrected chi connectivity index (χ3v) is 3.43. The molecule has 0 fully saturated rings. The number of nitrogens with one attached hydrogen (secondary N) is 1. The van der Waals surface area contributed by atoms with E-state index in [0.29, 0.717) is 0 Å². The molecule has 0 saturated carbocycles. The standard InChI is InChI=1S/C8H10F2N2O2S/c1-5(2)15(13,14)12-6-3-4-7(9)11-8(6)10/h3-5,12H,1-2H3. The van der Waals surface area contributed by atoms with Gasteiger partial charge in [-0.2, -0.15) is 13.8 Å². The molecule has 0 unspecified atom stereocenters. The molecule has 1 aromatic rings. The molecule has 0 aliphatic rings. The molecule has 0 aliphatic heterocycles. The van der Waals surface area contributed by atoms with Crippen LogP contribution in [-0.2, 0) is 10.0 Å². The number of pyridine rings is 1. The first-order chi connectivity index (χ1) is 6.83. The third kappa shape index (κ3) is 2.85. The summed E-state index contributed by atoms with van der Waals surface area (Å²) in [5.41, 5.74) is -0.356. The van der Waals surface area contributed by atoms with Crippen LogP contribution in [0.25, 0.3) is 0 Å². The maximum absolute atomic E-state index is 13.0. The van der Waals surface area contributed by atoms with Crippen LogP contribution in [0.2, 0.25) is 0 Å². The molecule has 1 heterocycles. The molecule has 0 aromatic carbocycles. The van der Waals surface area contributed by atoms with Gasteiger partial charge in [-0.3, -0.25) is 4.72 Å². The van der Waals surface area contributed by atoms with Crippen molar-refractivity contribution in [2.24, 2.45) is 0 Å². The molecule has 1 aromatic heterocycles. The summed E-state index contributed by atoms with van der Waals surface area (Å²) in [6, 6.07) is 1.86. The molecule has 15 heavy (non-hydrogen) atoms. The number of rotatable bonds is 3. The number of hydrogen-bond donors (Lipinski definition) is 1. The fourth-order valence-electron chi connectivity index (χ4n) is 0.759. The lowest BCUT2D eigenvalue weighted by atomic mass is 10.4. The Morgan fingerprint density at radius 1 is 1.33 bits per heavy atom. The van der Waals surface area contributed by atoms with Crippen molar-refractivity contribution in [2.45, 2.75) is 19.1 Å². The van der Waals surface area contributed by atoms with Crippen molar-refractivity contribution in [3.63, 3.8) is 0 Å². The quantitative estimate of drug-likeness (QED) is 0.809. The third-order valence-electron chi connectivity index (χ3n) is 1.69. The number of sulfonamides is 1. The highest BCUT2D eigenvalue weighted by Gasteiger charge is 2.18. The minimum Gasteiger partial charge on any atom is -0.279 e. The van der Waals surface area contributed by atoms with Gasteiger partial charge in [-0.1, -0.05) is 0 Å². The molecule has 1 rings (SSSR count). The SMILES string of the molecule is CC(C)S(=O)(=O)Nc1ccc(F)nc1F. The normalized spacial score (nSPS) is 11.8. The van der Waals surface area contributed by atoms with E-state index in [0.717, 1.165) is 12.1 Å². The maximum Gasteiger partial charge on any atom is 0.239 e. The fraction of sp³-hybridized carbons (Fsp3) is 0.375. The van der Waals surface area contributed by atoms with E-state index in [9.17, 15) is 17.2 Å². The zero-order valence-electron chi connectivity index (χ0n) is 8.16. The summed E-state index contributed by atoms with van der Waals surface area (Å²) < 4.78 is 50.0. The molecule has 0 aliphatic carbocycles. The van der Waals surface area contributed by atoms with Crippen molar-refractivity contribution in [2.75, 3.05) is 4.72 Å². The average molecular weight is 236 g/mol. The van der Waals surface area contributed by atoms with Crippen LogP contribution < -0.4 is 4.72 Å². The van der Waals surface area contributed by atoms with Crippen LogP contribution in [0.4, 0.5) is 14.5 Å². The first-order valence-corrected chi connectivity index (χ1v) is 5.71. The highest BCUT2D eigenvalue weighted by Crippen LogP contribution is 2.15. The smallest absolute Gasteiger partial charge is 0.239 e. The minimum atomic E-state index is -3.64. The molecule has 1 N–H and O–H groups in total. The second-order valence-electron chi connectivity index (χ2n) is 3.17. The van der Waals surface area contributed by atoms with E-state index in [2.05, 4.69) is 4.98 Å². The van der Waals surface area contributed by atoms with Crippen molar-refractivity contribution < 1.29 is 17.2 Å². The zero-order valence-corrected chi connectivity index (χ0v) is 8.98. The molecule has 7 heteroatoms. The van der Waals surface area contributed by atoms with E-state index in [1.807, 2.05) is 4.72 Å². The van der Waals surface area contributed by atoms with Gasteiger partial charge in [0.15, 0.2) is 0 Å². The second-order valence-corrected chi connectivity index (χ2v) is 5.41. The molecular formula is C8H10F2N2O2S. The number of hydrogen-bond acceptors (Lipinski definition) is 3. The van der Waals surface area contributed by atoms with Crippen molar-refractivity contribution >= 4 is 15.7 Å². The summed E-state index contributed by atoms with van der Waals surface area (Å²) in [5.74, 6) is -2.18. The number of aromatic nitrogens is 1. The van der Waals surface area contributed by atoms with Gasteiger partial charge >= 0.3 is 0 Å². The predicted molar refractivity (Wildman–Crippen MR) is 51.8 cm³/mol. The van der Waals surface area contributed by atoms with Gasteiger partial charge in [0.1, 0.15) is 5.69 Å². The van der Waals surface area contributed by atoms with Gasteiger partial charge in [-0.05, 0) is 26.0 Å². The molecule has 4 nitrogen and oxygen atoms in total.